The SMILES string of the molecule is CS(=O)Cc1noc(C(c2ccccc2)C2CC2)n1. The van der Waals surface area contributed by atoms with Crippen molar-refractivity contribution in [1.82, 2.24) is 10.1 Å². The Balaban J connectivity index is 1.88. The molecule has 2 unspecified atom stereocenters. The Hall–Kier alpha value is -1.49. The smallest absolute Gasteiger partial charge is 0.234 e. The monoisotopic (exact) mass is 276 g/mol. The highest BCUT2D eigenvalue weighted by Crippen LogP contribution is 2.45. The van der Waals surface area contributed by atoms with Crippen LogP contribution in [0.1, 0.15) is 36.0 Å². The normalized spacial score (nSPS) is 18.2. The summed E-state index contributed by atoms with van der Waals surface area (Å²) in [5.41, 5.74) is 1.22. The summed E-state index contributed by atoms with van der Waals surface area (Å²) < 4.78 is 16.6. The van der Waals surface area contributed by atoms with E-state index in [1.807, 2.05) is 18.2 Å². The van der Waals surface area contributed by atoms with Crippen LogP contribution in [0.4, 0.5) is 0 Å². The average molecular weight is 276 g/mol. The predicted octanol–water partition coefficient (Wildman–Crippen LogP) is 2.49. The van der Waals surface area contributed by atoms with Crippen LogP contribution in [0, 0.1) is 5.92 Å². The van der Waals surface area contributed by atoms with Crippen molar-refractivity contribution < 1.29 is 8.73 Å². The molecule has 0 aliphatic heterocycles. The fourth-order valence-corrected chi connectivity index (χ4v) is 2.82. The summed E-state index contributed by atoms with van der Waals surface area (Å²) in [6.45, 7) is 0. The zero-order valence-corrected chi connectivity index (χ0v) is 11.6. The third kappa shape index (κ3) is 2.92. The maximum atomic E-state index is 11.2. The van der Waals surface area contributed by atoms with E-state index in [-0.39, 0.29) is 5.92 Å². The molecule has 0 bridgehead atoms. The Labute approximate surface area is 114 Å². The van der Waals surface area contributed by atoms with E-state index in [0.29, 0.717) is 23.4 Å². The van der Waals surface area contributed by atoms with Crippen LogP contribution >= 0.6 is 0 Å². The van der Waals surface area contributed by atoms with Crippen molar-refractivity contribution in [2.45, 2.75) is 24.5 Å². The third-order valence-corrected chi connectivity index (χ3v) is 4.00. The molecule has 1 aromatic carbocycles. The van der Waals surface area contributed by atoms with Gasteiger partial charge in [-0.1, -0.05) is 35.5 Å². The largest absolute Gasteiger partial charge is 0.339 e. The maximum absolute atomic E-state index is 11.2. The van der Waals surface area contributed by atoms with Crippen molar-refractivity contribution in [2.24, 2.45) is 5.92 Å². The molecule has 100 valence electrons. The van der Waals surface area contributed by atoms with Crippen molar-refractivity contribution in [2.75, 3.05) is 6.26 Å². The van der Waals surface area contributed by atoms with Crippen molar-refractivity contribution >= 4 is 10.8 Å². The first-order valence-electron chi connectivity index (χ1n) is 6.41. The van der Waals surface area contributed by atoms with Gasteiger partial charge in [0.15, 0.2) is 5.82 Å². The van der Waals surface area contributed by atoms with Gasteiger partial charge in [-0.2, -0.15) is 4.98 Å². The van der Waals surface area contributed by atoms with Crippen molar-refractivity contribution in [3.63, 3.8) is 0 Å². The lowest BCUT2D eigenvalue weighted by molar-refractivity contribution is 0.353. The van der Waals surface area contributed by atoms with E-state index in [1.54, 1.807) is 6.26 Å². The quantitative estimate of drug-likeness (QED) is 0.842. The second-order valence-corrected chi connectivity index (χ2v) is 6.43. The molecule has 2 aromatic rings. The molecule has 19 heavy (non-hydrogen) atoms. The second kappa shape index (κ2) is 5.25. The molecule has 4 nitrogen and oxygen atoms in total. The summed E-state index contributed by atoms with van der Waals surface area (Å²) in [6, 6.07) is 10.3. The standard InChI is InChI=1S/C14H16N2O2S/c1-19(17)9-12-15-14(18-16-12)13(11-7-8-11)10-5-3-2-4-6-10/h2-6,11,13H,7-9H2,1H3. The lowest BCUT2D eigenvalue weighted by Crippen LogP contribution is -2.04. The van der Waals surface area contributed by atoms with Gasteiger partial charge < -0.3 is 4.52 Å². The van der Waals surface area contributed by atoms with Gasteiger partial charge in [0.05, 0.1) is 11.7 Å². The Morgan fingerprint density at radius 1 is 1.37 bits per heavy atom. The van der Waals surface area contributed by atoms with Crippen LogP contribution in [0.25, 0.3) is 0 Å². The number of benzene rings is 1. The van der Waals surface area contributed by atoms with E-state index in [1.165, 1.54) is 18.4 Å². The Morgan fingerprint density at radius 3 is 2.74 bits per heavy atom. The van der Waals surface area contributed by atoms with Gasteiger partial charge in [0.25, 0.3) is 0 Å². The van der Waals surface area contributed by atoms with Crippen LogP contribution in [-0.4, -0.2) is 20.6 Å². The number of hydrogen-bond donors (Lipinski definition) is 0. The van der Waals surface area contributed by atoms with Crippen LogP contribution < -0.4 is 0 Å². The molecule has 0 N–H and O–H groups in total. The van der Waals surface area contributed by atoms with Crippen LogP contribution in [0.3, 0.4) is 0 Å². The molecular weight excluding hydrogens is 260 g/mol. The summed E-state index contributed by atoms with van der Waals surface area (Å²) in [6.07, 6.45) is 4.06. The predicted molar refractivity (Wildman–Crippen MR) is 73.1 cm³/mol. The van der Waals surface area contributed by atoms with Gasteiger partial charge in [-0.05, 0) is 24.3 Å². The zero-order valence-electron chi connectivity index (χ0n) is 10.8. The Morgan fingerprint density at radius 2 is 2.11 bits per heavy atom. The van der Waals surface area contributed by atoms with Gasteiger partial charge in [0.1, 0.15) is 0 Å². The van der Waals surface area contributed by atoms with E-state index in [0.717, 1.165) is 0 Å². The second-order valence-electron chi connectivity index (χ2n) is 4.99. The summed E-state index contributed by atoms with van der Waals surface area (Å²) in [7, 11) is -0.941. The van der Waals surface area contributed by atoms with Gasteiger partial charge >= 0.3 is 0 Å². The molecule has 0 amide bonds. The van der Waals surface area contributed by atoms with E-state index in [4.69, 9.17) is 4.52 Å². The topological polar surface area (TPSA) is 56.0 Å². The summed E-state index contributed by atoms with van der Waals surface area (Å²) in [5.74, 6) is 2.34. The first-order valence-corrected chi connectivity index (χ1v) is 8.14. The fourth-order valence-electron chi connectivity index (χ4n) is 2.34. The van der Waals surface area contributed by atoms with Crippen molar-refractivity contribution in [3.8, 4) is 0 Å². The van der Waals surface area contributed by atoms with E-state index in [2.05, 4.69) is 22.3 Å². The van der Waals surface area contributed by atoms with Crippen LogP contribution in [0.2, 0.25) is 0 Å². The Bertz CT molecular complexity index is 578. The molecule has 2 atom stereocenters. The van der Waals surface area contributed by atoms with Crippen LogP contribution in [0.5, 0.6) is 0 Å². The van der Waals surface area contributed by atoms with Crippen LogP contribution in [-0.2, 0) is 16.6 Å². The fraction of sp³-hybridized carbons (Fsp3) is 0.429. The molecule has 0 radical (unpaired) electrons. The van der Waals surface area contributed by atoms with E-state index < -0.39 is 10.8 Å². The van der Waals surface area contributed by atoms with Crippen molar-refractivity contribution in [1.29, 1.82) is 0 Å². The average Bonchev–Trinajstić information content (AvgIpc) is 3.12. The molecule has 0 saturated heterocycles. The minimum absolute atomic E-state index is 0.188. The van der Waals surface area contributed by atoms with E-state index in [9.17, 15) is 4.21 Å². The molecule has 1 aliphatic carbocycles. The molecule has 1 fully saturated rings. The number of hydrogen-bond acceptors (Lipinski definition) is 4. The molecule has 1 aromatic heterocycles. The lowest BCUT2D eigenvalue weighted by atomic mass is 9.94. The number of aromatic nitrogens is 2. The minimum atomic E-state index is -0.941. The van der Waals surface area contributed by atoms with Gasteiger partial charge in [0.2, 0.25) is 5.89 Å². The molecule has 3 rings (SSSR count). The highest BCUT2D eigenvalue weighted by atomic mass is 32.2. The molecule has 1 heterocycles. The van der Waals surface area contributed by atoms with Crippen molar-refractivity contribution in [3.05, 3.63) is 47.6 Å². The first-order chi connectivity index (χ1) is 9.24. The van der Waals surface area contributed by atoms with Gasteiger partial charge in [-0.15, -0.1) is 0 Å². The number of nitrogens with zero attached hydrogens (tertiary/aromatic N) is 2. The zero-order chi connectivity index (χ0) is 13.2. The van der Waals surface area contributed by atoms with Gasteiger partial charge in [-0.3, -0.25) is 4.21 Å². The molecule has 5 heteroatoms. The molecule has 0 spiro atoms. The Kier molecular flexibility index (Phi) is 3.46. The number of rotatable bonds is 5. The maximum Gasteiger partial charge on any atom is 0.234 e. The highest BCUT2D eigenvalue weighted by molar-refractivity contribution is 7.83. The molecule has 1 aliphatic rings. The van der Waals surface area contributed by atoms with E-state index >= 15 is 0 Å². The minimum Gasteiger partial charge on any atom is -0.339 e. The first kappa shape index (κ1) is 12.5. The molecule has 1 saturated carbocycles. The van der Waals surface area contributed by atoms with Gasteiger partial charge in [-0.25, -0.2) is 0 Å². The highest BCUT2D eigenvalue weighted by Gasteiger charge is 2.37. The summed E-state index contributed by atoms with van der Waals surface area (Å²) in [5, 5.41) is 3.93. The summed E-state index contributed by atoms with van der Waals surface area (Å²) >= 11 is 0. The summed E-state index contributed by atoms with van der Waals surface area (Å²) in [4.78, 5) is 4.42. The lowest BCUT2D eigenvalue weighted by Gasteiger charge is -2.11. The third-order valence-electron chi connectivity index (χ3n) is 3.33. The van der Waals surface area contributed by atoms with Gasteiger partial charge in [0, 0.05) is 17.1 Å². The molecular formula is C14H16N2O2S. The van der Waals surface area contributed by atoms with Crippen LogP contribution in [0.15, 0.2) is 34.9 Å².